The van der Waals surface area contributed by atoms with Crippen LogP contribution in [0.25, 0.3) is 0 Å². The lowest BCUT2D eigenvalue weighted by molar-refractivity contribution is 0.680. The molecule has 16 heavy (non-hydrogen) atoms. The van der Waals surface area contributed by atoms with Crippen molar-refractivity contribution < 1.29 is 0 Å². The molecule has 4 nitrogen and oxygen atoms in total. The second-order valence-electron chi connectivity index (χ2n) is 3.72. The molecular formula is C10H16N4S2. The van der Waals surface area contributed by atoms with Gasteiger partial charge in [0.1, 0.15) is 11.6 Å². The summed E-state index contributed by atoms with van der Waals surface area (Å²) in [6, 6.07) is 2.32. The van der Waals surface area contributed by atoms with Crippen LogP contribution in [0.5, 0.6) is 0 Å². The summed E-state index contributed by atoms with van der Waals surface area (Å²) in [6.45, 7) is 0. The van der Waals surface area contributed by atoms with Gasteiger partial charge in [-0.1, -0.05) is 11.8 Å². The Morgan fingerprint density at radius 2 is 2.44 bits per heavy atom. The number of rotatable bonds is 3. The highest BCUT2D eigenvalue weighted by Crippen LogP contribution is 2.21. The van der Waals surface area contributed by atoms with E-state index in [0.717, 1.165) is 16.7 Å². The summed E-state index contributed by atoms with van der Waals surface area (Å²) in [7, 11) is 0. The molecule has 1 saturated heterocycles. The lowest BCUT2D eigenvalue weighted by Crippen LogP contribution is -2.26. The van der Waals surface area contributed by atoms with Gasteiger partial charge in [0.05, 0.1) is 0 Å². The van der Waals surface area contributed by atoms with E-state index >= 15 is 0 Å². The fourth-order valence-corrected chi connectivity index (χ4v) is 3.13. The van der Waals surface area contributed by atoms with Crippen LogP contribution in [0.3, 0.4) is 0 Å². The van der Waals surface area contributed by atoms with Crippen molar-refractivity contribution in [3.8, 4) is 0 Å². The third-order valence-corrected chi connectivity index (χ3v) is 4.18. The van der Waals surface area contributed by atoms with E-state index in [-0.39, 0.29) is 0 Å². The van der Waals surface area contributed by atoms with E-state index in [0.29, 0.717) is 11.9 Å². The van der Waals surface area contributed by atoms with E-state index in [2.05, 4.69) is 15.3 Å². The Bertz CT molecular complexity index is 353. The van der Waals surface area contributed by atoms with Crippen molar-refractivity contribution in [1.29, 1.82) is 0 Å². The van der Waals surface area contributed by atoms with Crippen molar-refractivity contribution in [3.05, 3.63) is 6.07 Å². The predicted molar refractivity (Wildman–Crippen MR) is 72.2 cm³/mol. The van der Waals surface area contributed by atoms with E-state index < -0.39 is 0 Å². The quantitative estimate of drug-likeness (QED) is 0.638. The average Bonchev–Trinajstić information content (AvgIpc) is 2.29. The molecule has 1 aromatic rings. The van der Waals surface area contributed by atoms with Gasteiger partial charge in [-0.25, -0.2) is 9.97 Å². The number of thioether (sulfide) groups is 2. The summed E-state index contributed by atoms with van der Waals surface area (Å²) in [5, 5.41) is 4.16. The Hall–Kier alpha value is -0.620. The lowest BCUT2D eigenvalue weighted by atomic mass is 10.2. The third-order valence-electron chi connectivity index (χ3n) is 2.42. The number of hydrogen-bond donors (Lipinski definition) is 2. The van der Waals surface area contributed by atoms with Gasteiger partial charge in [-0.2, -0.15) is 11.8 Å². The Kier molecular flexibility index (Phi) is 4.17. The van der Waals surface area contributed by atoms with Gasteiger partial charge in [0.2, 0.25) is 0 Å². The van der Waals surface area contributed by atoms with Crippen LogP contribution in [-0.4, -0.2) is 33.8 Å². The van der Waals surface area contributed by atoms with Crippen LogP contribution >= 0.6 is 23.5 Å². The number of hydrogen-bond acceptors (Lipinski definition) is 6. The van der Waals surface area contributed by atoms with E-state index in [1.165, 1.54) is 30.4 Å². The Balaban J connectivity index is 2.04. The topological polar surface area (TPSA) is 63.8 Å². The van der Waals surface area contributed by atoms with Gasteiger partial charge in [-0.15, -0.1) is 0 Å². The molecule has 0 aromatic carbocycles. The van der Waals surface area contributed by atoms with Crippen LogP contribution in [0.15, 0.2) is 11.2 Å². The van der Waals surface area contributed by atoms with Crippen LogP contribution in [0.1, 0.15) is 12.8 Å². The number of aromatic nitrogens is 2. The number of nitrogen functional groups attached to an aromatic ring is 1. The van der Waals surface area contributed by atoms with Gasteiger partial charge < -0.3 is 11.1 Å². The molecule has 0 radical (unpaired) electrons. The SMILES string of the molecule is CSc1nc(N)cc(NC2CCCSC2)n1. The Morgan fingerprint density at radius 3 is 3.12 bits per heavy atom. The number of nitrogens with two attached hydrogens (primary N) is 1. The normalized spacial score (nSPS) is 20.7. The first-order valence-electron chi connectivity index (χ1n) is 5.31. The first kappa shape index (κ1) is 11.9. The monoisotopic (exact) mass is 256 g/mol. The maximum absolute atomic E-state index is 5.73. The van der Waals surface area contributed by atoms with Gasteiger partial charge in [0.25, 0.3) is 0 Å². The van der Waals surface area contributed by atoms with Gasteiger partial charge in [-0.3, -0.25) is 0 Å². The molecule has 1 aromatic heterocycles. The summed E-state index contributed by atoms with van der Waals surface area (Å²) >= 11 is 3.51. The highest BCUT2D eigenvalue weighted by atomic mass is 32.2. The van der Waals surface area contributed by atoms with Crippen molar-refractivity contribution >= 4 is 35.2 Å². The fourth-order valence-electron chi connectivity index (χ4n) is 1.67. The predicted octanol–water partition coefficient (Wildman–Crippen LogP) is 2.09. The van der Waals surface area contributed by atoms with Crippen LogP contribution in [0, 0.1) is 0 Å². The van der Waals surface area contributed by atoms with Crippen molar-refractivity contribution in [3.63, 3.8) is 0 Å². The Morgan fingerprint density at radius 1 is 1.56 bits per heavy atom. The molecule has 3 N–H and O–H groups in total. The fraction of sp³-hybridized carbons (Fsp3) is 0.600. The minimum absolute atomic E-state index is 0.516. The van der Waals surface area contributed by atoms with Crippen molar-refractivity contribution in [2.24, 2.45) is 0 Å². The molecule has 0 saturated carbocycles. The second-order valence-corrected chi connectivity index (χ2v) is 5.65. The number of nitrogens with one attached hydrogen (secondary N) is 1. The zero-order chi connectivity index (χ0) is 11.4. The van der Waals surface area contributed by atoms with Gasteiger partial charge in [0.15, 0.2) is 5.16 Å². The minimum atomic E-state index is 0.516. The summed E-state index contributed by atoms with van der Waals surface area (Å²) in [4.78, 5) is 8.53. The molecule has 1 aliphatic rings. The summed E-state index contributed by atoms with van der Waals surface area (Å²) < 4.78 is 0. The molecule has 0 spiro atoms. The summed E-state index contributed by atoms with van der Waals surface area (Å²) in [5.41, 5.74) is 5.73. The van der Waals surface area contributed by atoms with E-state index in [1.54, 1.807) is 6.07 Å². The molecular weight excluding hydrogens is 240 g/mol. The molecule has 1 atom stereocenters. The van der Waals surface area contributed by atoms with Crippen molar-refractivity contribution in [2.45, 2.75) is 24.0 Å². The molecule has 0 aliphatic carbocycles. The molecule has 1 aliphatic heterocycles. The number of nitrogens with zero attached hydrogens (tertiary/aromatic N) is 2. The van der Waals surface area contributed by atoms with Gasteiger partial charge >= 0.3 is 0 Å². The lowest BCUT2D eigenvalue weighted by Gasteiger charge is -2.23. The molecule has 0 bridgehead atoms. The maximum atomic E-state index is 5.73. The standard InChI is InChI=1S/C10H16N4S2/c1-15-10-13-8(11)5-9(14-10)12-7-3-2-4-16-6-7/h5,7H,2-4,6H2,1H3,(H3,11,12,13,14). The highest BCUT2D eigenvalue weighted by Gasteiger charge is 2.14. The van der Waals surface area contributed by atoms with Crippen molar-refractivity contribution in [2.75, 3.05) is 28.8 Å². The minimum Gasteiger partial charge on any atom is -0.383 e. The van der Waals surface area contributed by atoms with E-state index in [4.69, 9.17) is 5.73 Å². The molecule has 0 amide bonds. The van der Waals surface area contributed by atoms with Crippen LogP contribution < -0.4 is 11.1 Å². The second kappa shape index (κ2) is 5.63. The average molecular weight is 256 g/mol. The van der Waals surface area contributed by atoms with Crippen LogP contribution in [-0.2, 0) is 0 Å². The highest BCUT2D eigenvalue weighted by molar-refractivity contribution is 7.99. The number of anilines is 2. The zero-order valence-electron chi connectivity index (χ0n) is 9.27. The summed E-state index contributed by atoms with van der Waals surface area (Å²) in [6.07, 6.45) is 4.44. The molecule has 6 heteroatoms. The first-order valence-corrected chi connectivity index (χ1v) is 7.68. The maximum Gasteiger partial charge on any atom is 0.191 e. The van der Waals surface area contributed by atoms with Crippen molar-refractivity contribution in [1.82, 2.24) is 9.97 Å². The zero-order valence-corrected chi connectivity index (χ0v) is 10.9. The molecule has 2 heterocycles. The van der Waals surface area contributed by atoms with E-state index in [9.17, 15) is 0 Å². The van der Waals surface area contributed by atoms with Crippen LogP contribution in [0.2, 0.25) is 0 Å². The summed E-state index contributed by atoms with van der Waals surface area (Å²) in [5.74, 6) is 3.81. The largest absolute Gasteiger partial charge is 0.383 e. The molecule has 1 fully saturated rings. The van der Waals surface area contributed by atoms with Crippen LogP contribution in [0.4, 0.5) is 11.6 Å². The van der Waals surface area contributed by atoms with Gasteiger partial charge in [0, 0.05) is 17.9 Å². The van der Waals surface area contributed by atoms with E-state index in [1.807, 2.05) is 18.0 Å². The molecule has 2 rings (SSSR count). The molecule has 1 unspecified atom stereocenters. The first-order chi connectivity index (χ1) is 7.78. The smallest absolute Gasteiger partial charge is 0.191 e. The third kappa shape index (κ3) is 3.18. The Labute approximate surface area is 104 Å². The molecule has 88 valence electrons. The van der Waals surface area contributed by atoms with Gasteiger partial charge in [-0.05, 0) is 24.9 Å².